The number of imidazole rings is 1. The second-order valence-electron chi connectivity index (χ2n) is 4.84. The zero-order chi connectivity index (χ0) is 13.1. The van der Waals surface area contributed by atoms with E-state index in [1.165, 1.54) is 18.4 Å². The largest absolute Gasteiger partial charge is 0.324 e. The molecule has 0 bridgehead atoms. The molecule has 0 N–H and O–H groups in total. The van der Waals surface area contributed by atoms with Gasteiger partial charge in [0.25, 0.3) is 0 Å². The van der Waals surface area contributed by atoms with Crippen LogP contribution in [0.5, 0.6) is 0 Å². The number of alkyl halides is 1. The highest BCUT2D eigenvalue weighted by Crippen LogP contribution is 2.30. The Labute approximate surface area is 114 Å². The molecule has 0 aliphatic heterocycles. The van der Waals surface area contributed by atoms with Crippen LogP contribution in [0, 0.1) is 5.92 Å². The molecule has 3 heteroatoms. The van der Waals surface area contributed by atoms with Gasteiger partial charge in [-0.15, -0.1) is 11.6 Å². The van der Waals surface area contributed by atoms with Crippen molar-refractivity contribution in [3.63, 3.8) is 0 Å². The van der Waals surface area contributed by atoms with E-state index in [2.05, 4.69) is 48.5 Å². The predicted molar refractivity (Wildman–Crippen MR) is 78.1 cm³/mol. The SMILES string of the molecule is CCC(CC)C(C)n1c(CCl)nc2ccccc21. The first-order valence-electron chi connectivity index (χ1n) is 6.74. The topological polar surface area (TPSA) is 17.8 Å². The minimum Gasteiger partial charge on any atom is -0.324 e. The van der Waals surface area contributed by atoms with Crippen LogP contribution in [0.1, 0.15) is 45.5 Å². The molecule has 1 atom stereocenters. The molecule has 2 aromatic rings. The second-order valence-corrected chi connectivity index (χ2v) is 5.10. The number of benzene rings is 1. The second kappa shape index (κ2) is 5.75. The van der Waals surface area contributed by atoms with Gasteiger partial charge in [0.15, 0.2) is 0 Å². The van der Waals surface area contributed by atoms with Crippen LogP contribution < -0.4 is 0 Å². The van der Waals surface area contributed by atoms with Crippen LogP contribution in [-0.4, -0.2) is 9.55 Å². The van der Waals surface area contributed by atoms with Gasteiger partial charge in [0.2, 0.25) is 0 Å². The molecule has 2 nitrogen and oxygen atoms in total. The molecule has 1 aromatic heterocycles. The van der Waals surface area contributed by atoms with Crippen LogP contribution in [0.15, 0.2) is 24.3 Å². The summed E-state index contributed by atoms with van der Waals surface area (Å²) in [5, 5.41) is 0. The summed E-state index contributed by atoms with van der Waals surface area (Å²) < 4.78 is 2.32. The van der Waals surface area contributed by atoms with E-state index in [-0.39, 0.29) is 0 Å². The number of para-hydroxylation sites is 2. The molecule has 0 aliphatic rings. The van der Waals surface area contributed by atoms with Crippen LogP contribution in [-0.2, 0) is 5.88 Å². The van der Waals surface area contributed by atoms with Crippen molar-refractivity contribution in [3.8, 4) is 0 Å². The van der Waals surface area contributed by atoms with Crippen molar-refractivity contribution in [2.45, 2.75) is 45.5 Å². The molecule has 2 rings (SSSR count). The highest BCUT2D eigenvalue weighted by atomic mass is 35.5. The van der Waals surface area contributed by atoms with Gasteiger partial charge >= 0.3 is 0 Å². The van der Waals surface area contributed by atoms with Gasteiger partial charge in [-0.1, -0.05) is 38.8 Å². The van der Waals surface area contributed by atoms with Gasteiger partial charge in [0.1, 0.15) is 5.82 Å². The van der Waals surface area contributed by atoms with Crippen molar-refractivity contribution >= 4 is 22.6 Å². The van der Waals surface area contributed by atoms with Crippen molar-refractivity contribution < 1.29 is 0 Å². The van der Waals surface area contributed by atoms with E-state index < -0.39 is 0 Å². The minimum atomic E-state index is 0.446. The molecule has 0 fully saturated rings. The Kier molecular flexibility index (Phi) is 4.28. The minimum absolute atomic E-state index is 0.446. The number of nitrogens with zero attached hydrogens (tertiary/aromatic N) is 2. The summed E-state index contributed by atoms with van der Waals surface area (Å²) in [6.07, 6.45) is 2.37. The molecular weight excluding hydrogens is 244 g/mol. The molecule has 0 radical (unpaired) electrons. The Bertz CT molecular complexity index is 514. The fourth-order valence-corrected chi connectivity index (χ4v) is 3.01. The van der Waals surface area contributed by atoms with E-state index in [9.17, 15) is 0 Å². The lowest BCUT2D eigenvalue weighted by Gasteiger charge is -2.25. The molecule has 1 aromatic carbocycles. The van der Waals surface area contributed by atoms with E-state index in [1.807, 2.05) is 6.07 Å². The van der Waals surface area contributed by atoms with Gasteiger partial charge in [-0.05, 0) is 25.0 Å². The molecule has 0 saturated carbocycles. The van der Waals surface area contributed by atoms with E-state index in [0.29, 0.717) is 17.8 Å². The maximum atomic E-state index is 6.06. The zero-order valence-corrected chi connectivity index (χ0v) is 12.1. The molecular formula is C15H21ClN2. The third-order valence-electron chi connectivity index (χ3n) is 3.93. The summed E-state index contributed by atoms with van der Waals surface area (Å²) in [6.45, 7) is 6.79. The van der Waals surface area contributed by atoms with E-state index >= 15 is 0 Å². The molecule has 18 heavy (non-hydrogen) atoms. The number of hydrogen-bond donors (Lipinski definition) is 0. The Hall–Kier alpha value is -1.02. The number of fused-ring (bicyclic) bond motifs is 1. The summed E-state index contributed by atoms with van der Waals surface area (Å²) >= 11 is 6.06. The molecule has 1 heterocycles. The van der Waals surface area contributed by atoms with Crippen molar-refractivity contribution in [3.05, 3.63) is 30.1 Å². The maximum absolute atomic E-state index is 6.06. The molecule has 0 spiro atoms. The lowest BCUT2D eigenvalue weighted by molar-refractivity contribution is 0.334. The van der Waals surface area contributed by atoms with Gasteiger partial charge in [0.05, 0.1) is 16.9 Å². The molecule has 0 amide bonds. The summed E-state index contributed by atoms with van der Waals surface area (Å²) in [7, 11) is 0. The van der Waals surface area contributed by atoms with Gasteiger partial charge < -0.3 is 4.57 Å². The molecule has 0 aliphatic carbocycles. The first kappa shape index (κ1) is 13.4. The predicted octanol–water partition coefficient (Wildman–Crippen LogP) is 4.77. The fourth-order valence-electron chi connectivity index (χ4n) is 2.82. The van der Waals surface area contributed by atoms with E-state index in [1.54, 1.807) is 0 Å². The van der Waals surface area contributed by atoms with Crippen molar-refractivity contribution in [1.82, 2.24) is 9.55 Å². The first-order valence-corrected chi connectivity index (χ1v) is 7.28. The Morgan fingerprint density at radius 3 is 2.50 bits per heavy atom. The average Bonchev–Trinajstić information content (AvgIpc) is 2.78. The van der Waals surface area contributed by atoms with Crippen molar-refractivity contribution in [2.24, 2.45) is 5.92 Å². The lowest BCUT2D eigenvalue weighted by Crippen LogP contribution is -2.17. The van der Waals surface area contributed by atoms with Crippen LogP contribution in [0.2, 0.25) is 0 Å². The Morgan fingerprint density at radius 1 is 1.22 bits per heavy atom. The Balaban J connectivity index is 2.53. The van der Waals surface area contributed by atoms with Crippen molar-refractivity contribution in [2.75, 3.05) is 0 Å². The number of hydrogen-bond acceptors (Lipinski definition) is 1. The quantitative estimate of drug-likeness (QED) is 0.711. The fraction of sp³-hybridized carbons (Fsp3) is 0.533. The number of rotatable bonds is 5. The monoisotopic (exact) mass is 264 g/mol. The summed E-state index contributed by atoms with van der Waals surface area (Å²) in [5.74, 6) is 2.13. The number of halogens is 1. The highest BCUT2D eigenvalue weighted by molar-refractivity contribution is 6.16. The molecule has 1 unspecified atom stereocenters. The van der Waals surface area contributed by atoms with Gasteiger partial charge in [-0.2, -0.15) is 0 Å². The maximum Gasteiger partial charge on any atom is 0.125 e. The standard InChI is InChI=1S/C15H21ClN2/c1-4-12(5-2)11(3)18-14-9-7-6-8-13(14)17-15(18)10-16/h6-9,11-12H,4-5,10H2,1-3H3. The third kappa shape index (κ3) is 2.26. The lowest BCUT2D eigenvalue weighted by atomic mass is 9.95. The van der Waals surface area contributed by atoms with E-state index in [4.69, 9.17) is 11.6 Å². The zero-order valence-electron chi connectivity index (χ0n) is 11.4. The first-order chi connectivity index (χ1) is 8.72. The van der Waals surface area contributed by atoms with Gasteiger partial charge in [-0.3, -0.25) is 0 Å². The van der Waals surface area contributed by atoms with Crippen LogP contribution in [0.25, 0.3) is 11.0 Å². The van der Waals surface area contributed by atoms with Gasteiger partial charge in [-0.25, -0.2) is 4.98 Å². The number of aromatic nitrogens is 2. The summed E-state index contributed by atoms with van der Waals surface area (Å²) in [4.78, 5) is 4.63. The summed E-state index contributed by atoms with van der Waals surface area (Å²) in [6, 6.07) is 8.73. The van der Waals surface area contributed by atoms with Crippen LogP contribution in [0.3, 0.4) is 0 Å². The third-order valence-corrected chi connectivity index (χ3v) is 4.17. The Morgan fingerprint density at radius 2 is 1.89 bits per heavy atom. The van der Waals surface area contributed by atoms with Crippen molar-refractivity contribution in [1.29, 1.82) is 0 Å². The molecule has 0 saturated heterocycles. The summed E-state index contributed by atoms with van der Waals surface area (Å²) in [5.41, 5.74) is 2.25. The van der Waals surface area contributed by atoms with E-state index in [0.717, 1.165) is 11.3 Å². The normalized spacial score (nSPS) is 13.4. The average molecular weight is 265 g/mol. The van der Waals surface area contributed by atoms with Crippen LogP contribution in [0.4, 0.5) is 0 Å². The smallest absolute Gasteiger partial charge is 0.125 e. The molecule has 98 valence electrons. The van der Waals surface area contributed by atoms with Crippen LogP contribution >= 0.6 is 11.6 Å². The highest BCUT2D eigenvalue weighted by Gasteiger charge is 2.20. The van der Waals surface area contributed by atoms with Gasteiger partial charge in [0, 0.05) is 6.04 Å².